The van der Waals surface area contributed by atoms with Gasteiger partial charge in [-0.1, -0.05) is 6.07 Å². The van der Waals surface area contributed by atoms with Gasteiger partial charge in [-0.15, -0.1) is 0 Å². The summed E-state index contributed by atoms with van der Waals surface area (Å²) >= 11 is 0. The van der Waals surface area contributed by atoms with Gasteiger partial charge in [0, 0.05) is 25.4 Å². The summed E-state index contributed by atoms with van der Waals surface area (Å²) in [4.78, 5) is 4.04. The molecule has 14 heavy (non-hydrogen) atoms. The van der Waals surface area contributed by atoms with Gasteiger partial charge in [0.2, 0.25) is 5.88 Å². The topological polar surface area (TPSA) is 57.4 Å². The molecule has 0 radical (unpaired) electrons. The summed E-state index contributed by atoms with van der Waals surface area (Å²) in [6.07, 6.45) is 1.56. The molecule has 1 atom stereocenters. The minimum atomic E-state index is -0.121. The second kappa shape index (κ2) is 6.34. The zero-order chi connectivity index (χ0) is 10.2. The van der Waals surface area contributed by atoms with Gasteiger partial charge in [0.1, 0.15) is 6.10 Å². The Balaban J connectivity index is 2.40. The molecule has 1 unspecified atom stereocenters. The van der Waals surface area contributed by atoms with E-state index in [9.17, 15) is 0 Å². The highest BCUT2D eigenvalue weighted by Gasteiger charge is 2.08. The van der Waals surface area contributed by atoms with E-state index >= 15 is 0 Å². The zero-order valence-corrected chi connectivity index (χ0v) is 8.35. The summed E-state index contributed by atoms with van der Waals surface area (Å²) in [5.74, 6) is 0.586. The molecule has 2 N–H and O–H groups in total. The van der Waals surface area contributed by atoms with Gasteiger partial charge in [0.15, 0.2) is 0 Å². The normalized spacial score (nSPS) is 12.4. The Morgan fingerprint density at radius 3 is 2.93 bits per heavy atom. The molecule has 0 aromatic carbocycles. The average molecular weight is 196 g/mol. The van der Waals surface area contributed by atoms with Crippen LogP contribution >= 0.6 is 0 Å². The minimum absolute atomic E-state index is 0.121. The maximum absolute atomic E-state index is 5.53. The molecule has 1 aromatic heterocycles. The van der Waals surface area contributed by atoms with E-state index in [1.165, 1.54) is 0 Å². The molecular formula is C10H16N2O2. The molecule has 1 aromatic rings. The van der Waals surface area contributed by atoms with Crippen molar-refractivity contribution >= 4 is 0 Å². The summed E-state index contributed by atoms with van der Waals surface area (Å²) in [6, 6.07) is 5.51. The van der Waals surface area contributed by atoms with Gasteiger partial charge in [-0.25, -0.2) is 4.98 Å². The van der Waals surface area contributed by atoms with E-state index in [4.69, 9.17) is 15.2 Å². The van der Waals surface area contributed by atoms with Crippen LogP contribution in [0.4, 0.5) is 0 Å². The first-order valence-electron chi connectivity index (χ1n) is 4.72. The van der Waals surface area contributed by atoms with Crippen molar-refractivity contribution in [2.45, 2.75) is 13.0 Å². The van der Waals surface area contributed by atoms with E-state index in [0.717, 1.165) is 0 Å². The molecule has 1 rings (SSSR count). The molecule has 78 valence electrons. The van der Waals surface area contributed by atoms with Crippen molar-refractivity contribution < 1.29 is 9.47 Å². The predicted molar refractivity (Wildman–Crippen MR) is 54.2 cm³/mol. The van der Waals surface area contributed by atoms with Crippen LogP contribution < -0.4 is 10.5 Å². The summed E-state index contributed by atoms with van der Waals surface area (Å²) in [6.45, 7) is 3.54. The number of hydrogen-bond donors (Lipinski definition) is 1. The molecule has 0 aliphatic rings. The molecule has 0 fully saturated rings. The highest BCUT2D eigenvalue weighted by Crippen LogP contribution is 2.06. The quantitative estimate of drug-likeness (QED) is 0.732. The minimum Gasteiger partial charge on any atom is -0.471 e. The van der Waals surface area contributed by atoms with Gasteiger partial charge in [-0.3, -0.25) is 0 Å². The third-order valence-corrected chi connectivity index (χ3v) is 1.70. The maximum Gasteiger partial charge on any atom is 0.213 e. The van der Waals surface area contributed by atoms with Crippen LogP contribution in [-0.4, -0.2) is 30.8 Å². The summed E-state index contributed by atoms with van der Waals surface area (Å²) in [5.41, 5.74) is 5.53. The molecule has 0 saturated heterocycles. The van der Waals surface area contributed by atoms with Crippen LogP contribution in [0.1, 0.15) is 6.92 Å². The van der Waals surface area contributed by atoms with Crippen molar-refractivity contribution in [3.05, 3.63) is 24.4 Å². The van der Waals surface area contributed by atoms with Crippen molar-refractivity contribution in [1.29, 1.82) is 0 Å². The Hall–Kier alpha value is -1.13. The number of hydrogen-bond acceptors (Lipinski definition) is 4. The van der Waals surface area contributed by atoms with Gasteiger partial charge in [0.25, 0.3) is 0 Å². The van der Waals surface area contributed by atoms with Crippen molar-refractivity contribution in [3.63, 3.8) is 0 Å². The zero-order valence-electron chi connectivity index (χ0n) is 8.35. The standard InChI is InChI=1S/C10H16N2O2/c1-2-13-8-9(7-11)14-10-5-3-4-6-12-10/h3-6,9H,2,7-8,11H2,1H3. The fourth-order valence-electron chi connectivity index (χ4n) is 0.987. The number of ether oxygens (including phenoxy) is 2. The van der Waals surface area contributed by atoms with E-state index in [-0.39, 0.29) is 6.10 Å². The Labute approximate surface area is 84.0 Å². The van der Waals surface area contributed by atoms with Crippen LogP contribution in [0.2, 0.25) is 0 Å². The molecule has 0 amide bonds. The van der Waals surface area contributed by atoms with E-state index in [0.29, 0.717) is 25.6 Å². The van der Waals surface area contributed by atoms with E-state index in [2.05, 4.69) is 4.98 Å². The van der Waals surface area contributed by atoms with Gasteiger partial charge in [-0.2, -0.15) is 0 Å². The first kappa shape index (κ1) is 10.9. The maximum atomic E-state index is 5.53. The third kappa shape index (κ3) is 3.72. The Morgan fingerprint density at radius 2 is 2.36 bits per heavy atom. The van der Waals surface area contributed by atoms with Gasteiger partial charge in [-0.05, 0) is 13.0 Å². The van der Waals surface area contributed by atoms with Crippen molar-refractivity contribution in [1.82, 2.24) is 4.98 Å². The van der Waals surface area contributed by atoms with Crippen LogP contribution in [0.5, 0.6) is 5.88 Å². The molecule has 4 nitrogen and oxygen atoms in total. The molecule has 0 aliphatic carbocycles. The monoisotopic (exact) mass is 196 g/mol. The van der Waals surface area contributed by atoms with Gasteiger partial charge >= 0.3 is 0 Å². The van der Waals surface area contributed by atoms with Crippen molar-refractivity contribution in [2.75, 3.05) is 19.8 Å². The second-order valence-corrected chi connectivity index (χ2v) is 2.80. The third-order valence-electron chi connectivity index (χ3n) is 1.70. The summed E-state index contributed by atoms with van der Waals surface area (Å²) in [7, 11) is 0. The van der Waals surface area contributed by atoms with E-state index in [1.807, 2.05) is 19.1 Å². The summed E-state index contributed by atoms with van der Waals surface area (Å²) in [5, 5.41) is 0. The lowest BCUT2D eigenvalue weighted by molar-refractivity contribution is 0.0584. The van der Waals surface area contributed by atoms with Crippen LogP contribution in [0, 0.1) is 0 Å². The molecule has 4 heteroatoms. The molecular weight excluding hydrogens is 180 g/mol. The number of rotatable bonds is 6. The molecule has 0 spiro atoms. The number of nitrogens with two attached hydrogens (primary N) is 1. The van der Waals surface area contributed by atoms with Crippen LogP contribution in [-0.2, 0) is 4.74 Å². The fraction of sp³-hybridized carbons (Fsp3) is 0.500. The second-order valence-electron chi connectivity index (χ2n) is 2.80. The summed E-state index contributed by atoms with van der Waals surface area (Å²) < 4.78 is 10.7. The largest absolute Gasteiger partial charge is 0.471 e. The van der Waals surface area contributed by atoms with Crippen LogP contribution in [0.25, 0.3) is 0 Å². The highest BCUT2D eigenvalue weighted by molar-refractivity contribution is 5.09. The van der Waals surface area contributed by atoms with Crippen molar-refractivity contribution in [2.24, 2.45) is 5.73 Å². The van der Waals surface area contributed by atoms with Crippen molar-refractivity contribution in [3.8, 4) is 5.88 Å². The lowest BCUT2D eigenvalue weighted by Crippen LogP contribution is -2.31. The van der Waals surface area contributed by atoms with Crippen LogP contribution in [0.15, 0.2) is 24.4 Å². The molecule has 0 bridgehead atoms. The predicted octanol–water partition coefficient (Wildman–Crippen LogP) is 0.824. The number of nitrogens with zero attached hydrogens (tertiary/aromatic N) is 1. The smallest absolute Gasteiger partial charge is 0.213 e. The van der Waals surface area contributed by atoms with Gasteiger partial charge < -0.3 is 15.2 Å². The molecule has 0 aliphatic heterocycles. The fourth-order valence-corrected chi connectivity index (χ4v) is 0.987. The highest BCUT2D eigenvalue weighted by atomic mass is 16.5. The molecule has 0 saturated carbocycles. The Kier molecular flexibility index (Phi) is 4.96. The first-order valence-corrected chi connectivity index (χ1v) is 4.72. The lowest BCUT2D eigenvalue weighted by Gasteiger charge is -2.15. The SMILES string of the molecule is CCOCC(CN)Oc1ccccn1. The van der Waals surface area contributed by atoms with E-state index in [1.54, 1.807) is 12.3 Å². The number of pyridine rings is 1. The van der Waals surface area contributed by atoms with Gasteiger partial charge in [0.05, 0.1) is 6.61 Å². The Morgan fingerprint density at radius 1 is 1.50 bits per heavy atom. The van der Waals surface area contributed by atoms with Crippen LogP contribution in [0.3, 0.4) is 0 Å². The first-order chi connectivity index (χ1) is 6.86. The number of aromatic nitrogens is 1. The van der Waals surface area contributed by atoms with E-state index < -0.39 is 0 Å². The average Bonchev–Trinajstić information content (AvgIpc) is 2.25. The molecule has 1 heterocycles. The Bertz CT molecular complexity index is 241. The lowest BCUT2D eigenvalue weighted by atomic mass is 10.4.